The second kappa shape index (κ2) is 5.57. The van der Waals surface area contributed by atoms with Crippen molar-refractivity contribution < 1.29 is 0 Å². The molecule has 3 nitrogen and oxygen atoms in total. The van der Waals surface area contributed by atoms with Gasteiger partial charge in [-0.25, -0.2) is 0 Å². The van der Waals surface area contributed by atoms with E-state index in [9.17, 15) is 0 Å². The van der Waals surface area contributed by atoms with E-state index in [1.807, 2.05) is 18.3 Å². The van der Waals surface area contributed by atoms with Gasteiger partial charge in [-0.1, -0.05) is 24.3 Å². The maximum atomic E-state index is 4.22. The van der Waals surface area contributed by atoms with Gasteiger partial charge in [0.05, 0.1) is 6.20 Å². The molecule has 4 heteroatoms. The zero-order chi connectivity index (χ0) is 12.2. The molecule has 1 N–H and O–H groups in total. The molecule has 0 saturated carbocycles. The number of fused-ring (bicyclic) bond motifs is 1. The first-order chi connectivity index (χ1) is 8.93. The number of hydrogen-bond acceptors (Lipinski definition) is 4. The summed E-state index contributed by atoms with van der Waals surface area (Å²) in [5.41, 5.74) is 0. The number of hydrogen-bond donors (Lipinski definition) is 1. The lowest BCUT2D eigenvalue weighted by Gasteiger charge is -2.21. The number of nitrogens with zero attached hydrogens (tertiary/aromatic N) is 2. The van der Waals surface area contributed by atoms with Gasteiger partial charge in [0, 0.05) is 17.3 Å². The molecule has 1 fully saturated rings. The van der Waals surface area contributed by atoms with E-state index >= 15 is 0 Å². The molecule has 3 rings (SSSR count). The Morgan fingerprint density at radius 1 is 1.22 bits per heavy atom. The third-order valence-corrected chi connectivity index (χ3v) is 4.52. The minimum absolute atomic E-state index is 0.784. The molecular weight excluding hydrogens is 242 g/mol. The van der Waals surface area contributed by atoms with E-state index in [-0.39, 0.29) is 0 Å². The van der Waals surface area contributed by atoms with Gasteiger partial charge in [-0.05, 0) is 30.3 Å². The quantitative estimate of drug-likeness (QED) is 0.918. The Labute approximate surface area is 111 Å². The fourth-order valence-electron chi connectivity index (χ4n) is 2.35. The Balaban J connectivity index is 1.74. The zero-order valence-corrected chi connectivity index (χ0v) is 11.1. The van der Waals surface area contributed by atoms with Crippen LogP contribution in [0.2, 0.25) is 0 Å². The third-order valence-electron chi connectivity index (χ3n) is 3.47. The molecule has 2 aromatic rings. The molecule has 1 aromatic heterocycles. The largest absolute Gasteiger partial charge is 0.368 e. The molecule has 0 aliphatic carbocycles. The van der Waals surface area contributed by atoms with Gasteiger partial charge in [-0.2, -0.15) is 16.9 Å². The Morgan fingerprint density at radius 3 is 2.94 bits per heavy atom. The fourth-order valence-corrected chi connectivity index (χ4v) is 3.55. The monoisotopic (exact) mass is 259 g/mol. The van der Waals surface area contributed by atoms with Crippen LogP contribution in [0, 0.1) is 5.92 Å². The summed E-state index contributed by atoms with van der Waals surface area (Å²) in [6.45, 7) is 1.02. The van der Waals surface area contributed by atoms with Crippen LogP contribution in [0.4, 0.5) is 5.82 Å². The smallest absolute Gasteiger partial charge is 0.156 e. The van der Waals surface area contributed by atoms with E-state index in [1.54, 1.807) is 0 Å². The van der Waals surface area contributed by atoms with Crippen molar-refractivity contribution in [3.63, 3.8) is 0 Å². The number of benzene rings is 1. The van der Waals surface area contributed by atoms with Crippen molar-refractivity contribution in [3.05, 3.63) is 30.5 Å². The molecule has 94 valence electrons. The zero-order valence-electron chi connectivity index (χ0n) is 10.3. The van der Waals surface area contributed by atoms with E-state index < -0.39 is 0 Å². The average Bonchev–Trinajstić information content (AvgIpc) is 2.46. The predicted molar refractivity (Wildman–Crippen MR) is 78.1 cm³/mol. The van der Waals surface area contributed by atoms with E-state index in [2.05, 4.69) is 39.4 Å². The van der Waals surface area contributed by atoms with Gasteiger partial charge >= 0.3 is 0 Å². The average molecular weight is 259 g/mol. The van der Waals surface area contributed by atoms with Crippen molar-refractivity contribution in [3.8, 4) is 0 Å². The summed E-state index contributed by atoms with van der Waals surface area (Å²) in [6.07, 6.45) is 4.45. The van der Waals surface area contributed by atoms with Gasteiger partial charge in [0.2, 0.25) is 0 Å². The molecule has 18 heavy (non-hydrogen) atoms. The van der Waals surface area contributed by atoms with Crippen molar-refractivity contribution in [2.75, 3.05) is 23.4 Å². The van der Waals surface area contributed by atoms with Crippen LogP contribution in [0.5, 0.6) is 0 Å². The number of nitrogens with one attached hydrogen (secondary N) is 1. The summed E-state index contributed by atoms with van der Waals surface area (Å²) in [4.78, 5) is 0. The Morgan fingerprint density at radius 2 is 2.06 bits per heavy atom. The Bertz CT molecular complexity index is 518. The summed E-state index contributed by atoms with van der Waals surface area (Å²) >= 11 is 2.07. The van der Waals surface area contributed by atoms with Crippen LogP contribution in [0.25, 0.3) is 10.8 Å². The highest BCUT2D eigenvalue weighted by Crippen LogP contribution is 2.24. The van der Waals surface area contributed by atoms with Gasteiger partial charge < -0.3 is 5.32 Å². The van der Waals surface area contributed by atoms with Gasteiger partial charge in [0.1, 0.15) is 0 Å². The molecule has 0 radical (unpaired) electrons. The maximum Gasteiger partial charge on any atom is 0.156 e. The first kappa shape index (κ1) is 11.8. The second-order valence-corrected chi connectivity index (χ2v) is 5.94. The van der Waals surface area contributed by atoms with Gasteiger partial charge in [-0.15, -0.1) is 5.10 Å². The molecule has 0 bridgehead atoms. The van der Waals surface area contributed by atoms with E-state index in [0.29, 0.717) is 0 Å². The first-order valence-corrected chi connectivity index (χ1v) is 7.61. The lowest BCUT2D eigenvalue weighted by atomic mass is 10.0. The van der Waals surface area contributed by atoms with Crippen LogP contribution >= 0.6 is 11.8 Å². The second-order valence-electron chi connectivity index (χ2n) is 4.72. The molecule has 0 amide bonds. The summed E-state index contributed by atoms with van der Waals surface area (Å²) in [7, 11) is 0. The van der Waals surface area contributed by atoms with Crippen molar-refractivity contribution >= 4 is 28.4 Å². The first-order valence-electron chi connectivity index (χ1n) is 6.45. The van der Waals surface area contributed by atoms with E-state index in [1.165, 1.54) is 24.3 Å². The van der Waals surface area contributed by atoms with Crippen LogP contribution in [-0.2, 0) is 0 Å². The fraction of sp³-hybridized carbons (Fsp3) is 0.429. The molecule has 1 aliphatic rings. The van der Waals surface area contributed by atoms with Crippen LogP contribution in [0.3, 0.4) is 0 Å². The molecule has 0 unspecified atom stereocenters. The lowest BCUT2D eigenvalue weighted by molar-refractivity contribution is 0.515. The predicted octanol–water partition coefficient (Wildman–Crippen LogP) is 3.18. The van der Waals surface area contributed by atoms with E-state index in [4.69, 9.17) is 0 Å². The molecule has 1 aliphatic heterocycles. The van der Waals surface area contributed by atoms with Crippen molar-refractivity contribution in [1.29, 1.82) is 0 Å². The van der Waals surface area contributed by atoms with Crippen molar-refractivity contribution in [2.45, 2.75) is 12.8 Å². The standard InChI is InChI=1S/C14H17N3S/c1-2-4-13-12(3-1)10-16-17-14(13)15-9-11-5-7-18-8-6-11/h1-4,10-11H,5-9H2,(H,15,17). The minimum Gasteiger partial charge on any atom is -0.368 e. The minimum atomic E-state index is 0.784. The highest BCUT2D eigenvalue weighted by Gasteiger charge is 2.14. The van der Waals surface area contributed by atoms with Crippen LogP contribution in [0.15, 0.2) is 30.5 Å². The highest BCUT2D eigenvalue weighted by molar-refractivity contribution is 7.99. The molecule has 0 spiro atoms. The number of aromatic nitrogens is 2. The molecule has 2 heterocycles. The van der Waals surface area contributed by atoms with Crippen LogP contribution < -0.4 is 5.32 Å². The number of anilines is 1. The summed E-state index contributed by atoms with van der Waals surface area (Å²) in [5, 5.41) is 14.1. The topological polar surface area (TPSA) is 37.8 Å². The van der Waals surface area contributed by atoms with Crippen LogP contribution in [0.1, 0.15) is 12.8 Å². The lowest BCUT2D eigenvalue weighted by Crippen LogP contribution is -2.19. The third kappa shape index (κ3) is 2.58. The van der Waals surface area contributed by atoms with Crippen molar-refractivity contribution in [1.82, 2.24) is 10.2 Å². The molecule has 1 saturated heterocycles. The summed E-state index contributed by atoms with van der Waals surface area (Å²) in [5.74, 6) is 4.31. The number of rotatable bonds is 3. The Hall–Kier alpha value is -1.29. The molecule has 0 atom stereocenters. The van der Waals surface area contributed by atoms with Crippen molar-refractivity contribution in [2.24, 2.45) is 5.92 Å². The highest BCUT2D eigenvalue weighted by atomic mass is 32.2. The molecular formula is C14H17N3S. The number of thioether (sulfide) groups is 1. The summed E-state index contributed by atoms with van der Waals surface area (Å²) in [6, 6.07) is 8.26. The van der Waals surface area contributed by atoms with Gasteiger partial charge in [0.25, 0.3) is 0 Å². The van der Waals surface area contributed by atoms with Gasteiger partial charge in [-0.3, -0.25) is 0 Å². The van der Waals surface area contributed by atoms with E-state index in [0.717, 1.165) is 29.1 Å². The SMILES string of the molecule is c1ccc2c(NCC3CCSCC3)nncc2c1. The van der Waals surface area contributed by atoms with Crippen LogP contribution in [-0.4, -0.2) is 28.2 Å². The van der Waals surface area contributed by atoms with Gasteiger partial charge in [0.15, 0.2) is 5.82 Å². The normalized spacial score (nSPS) is 16.9. The Kier molecular flexibility index (Phi) is 3.64. The molecule has 1 aromatic carbocycles. The summed E-state index contributed by atoms with van der Waals surface area (Å²) < 4.78 is 0. The maximum absolute atomic E-state index is 4.22.